The van der Waals surface area contributed by atoms with Gasteiger partial charge in [0.25, 0.3) is 0 Å². The number of hydrogen-bond acceptors (Lipinski definition) is 5. The molecule has 0 spiro atoms. The Labute approximate surface area is 136 Å². The second kappa shape index (κ2) is 5.72. The number of aromatic nitrogens is 5. The molecule has 3 rings (SSSR count). The van der Waals surface area contributed by atoms with Gasteiger partial charge in [0.05, 0.1) is 11.4 Å². The van der Waals surface area contributed by atoms with Crippen molar-refractivity contribution in [1.29, 1.82) is 0 Å². The largest absolute Gasteiger partial charge is 0.319 e. The summed E-state index contributed by atoms with van der Waals surface area (Å²) in [4.78, 5) is 0.327. The molecule has 0 amide bonds. The second-order valence-corrected chi connectivity index (χ2v) is 7.78. The van der Waals surface area contributed by atoms with Gasteiger partial charge < -0.3 is 4.57 Å². The van der Waals surface area contributed by atoms with Crippen LogP contribution in [0.25, 0.3) is 0 Å². The molecule has 0 aliphatic heterocycles. The highest BCUT2D eigenvalue weighted by Crippen LogP contribution is 2.33. The third-order valence-electron chi connectivity index (χ3n) is 4.24. The Kier molecular flexibility index (Phi) is 4.01. The van der Waals surface area contributed by atoms with Crippen molar-refractivity contribution in [2.75, 3.05) is 6.54 Å². The summed E-state index contributed by atoms with van der Waals surface area (Å²) < 4.78 is 31.1. The van der Waals surface area contributed by atoms with Crippen LogP contribution in [-0.4, -0.2) is 49.9 Å². The summed E-state index contributed by atoms with van der Waals surface area (Å²) in [6.45, 7) is 6.30. The summed E-state index contributed by atoms with van der Waals surface area (Å²) in [5, 5.41) is 12.3. The standard InChI is InChI=1S/C14H22N6O2S/c1-5-20(12-6-7-12)23(21,22)14-10(2)17-19(11(14)3)8-13-16-15-9-18(13)4/h9,12H,5-8H2,1-4H3. The summed E-state index contributed by atoms with van der Waals surface area (Å²) in [7, 11) is -1.66. The van der Waals surface area contributed by atoms with E-state index in [1.54, 1.807) is 33.7 Å². The lowest BCUT2D eigenvalue weighted by atomic mass is 10.4. The minimum atomic E-state index is -3.51. The zero-order valence-corrected chi connectivity index (χ0v) is 14.7. The normalized spacial score (nSPS) is 15.5. The van der Waals surface area contributed by atoms with E-state index in [0.29, 0.717) is 29.4 Å². The van der Waals surface area contributed by atoms with Gasteiger partial charge in [-0.05, 0) is 26.7 Å². The van der Waals surface area contributed by atoms with Gasteiger partial charge in [-0.15, -0.1) is 10.2 Å². The quantitative estimate of drug-likeness (QED) is 0.779. The number of nitrogens with zero attached hydrogens (tertiary/aromatic N) is 6. The zero-order valence-electron chi connectivity index (χ0n) is 13.9. The Morgan fingerprint density at radius 2 is 2.04 bits per heavy atom. The number of rotatable bonds is 6. The summed E-state index contributed by atoms with van der Waals surface area (Å²) in [5.74, 6) is 0.731. The SMILES string of the molecule is CCN(C1CC1)S(=O)(=O)c1c(C)nn(Cc2nncn2C)c1C. The van der Waals surface area contributed by atoms with Gasteiger partial charge in [-0.25, -0.2) is 8.42 Å². The number of aryl methyl sites for hydroxylation is 2. The van der Waals surface area contributed by atoms with Crippen molar-refractivity contribution < 1.29 is 8.42 Å². The molecule has 2 heterocycles. The molecule has 0 radical (unpaired) electrons. The molecule has 9 heteroatoms. The summed E-state index contributed by atoms with van der Waals surface area (Å²) >= 11 is 0. The molecule has 1 aliphatic carbocycles. The van der Waals surface area contributed by atoms with Gasteiger partial charge in [0, 0.05) is 19.6 Å². The fraction of sp³-hybridized carbons (Fsp3) is 0.643. The molecule has 8 nitrogen and oxygen atoms in total. The molecule has 1 fully saturated rings. The molecule has 23 heavy (non-hydrogen) atoms. The van der Waals surface area contributed by atoms with E-state index in [0.717, 1.165) is 18.7 Å². The first kappa shape index (κ1) is 16.1. The number of hydrogen-bond donors (Lipinski definition) is 0. The molecule has 126 valence electrons. The number of sulfonamides is 1. The lowest BCUT2D eigenvalue weighted by Gasteiger charge is -2.20. The van der Waals surface area contributed by atoms with Gasteiger partial charge in [-0.2, -0.15) is 9.40 Å². The monoisotopic (exact) mass is 338 g/mol. The second-order valence-electron chi connectivity index (χ2n) is 5.96. The minimum Gasteiger partial charge on any atom is -0.319 e. The molecule has 0 N–H and O–H groups in total. The van der Waals surface area contributed by atoms with Crippen molar-refractivity contribution in [1.82, 2.24) is 28.9 Å². The Balaban J connectivity index is 1.99. The summed E-state index contributed by atoms with van der Waals surface area (Å²) in [6.07, 6.45) is 3.50. The summed E-state index contributed by atoms with van der Waals surface area (Å²) in [5.41, 5.74) is 1.17. The maximum atomic E-state index is 13.0. The van der Waals surface area contributed by atoms with Gasteiger partial charge in [0.15, 0.2) is 5.82 Å². The van der Waals surface area contributed by atoms with Crippen molar-refractivity contribution in [3.05, 3.63) is 23.5 Å². The van der Waals surface area contributed by atoms with E-state index in [9.17, 15) is 8.42 Å². The first-order valence-corrected chi connectivity index (χ1v) is 9.19. The molecular weight excluding hydrogens is 316 g/mol. The van der Waals surface area contributed by atoms with Gasteiger partial charge in [-0.3, -0.25) is 4.68 Å². The zero-order chi connectivity index (χ0) is 16.8. The van der Waals surface area contributed by atoms with Crippen molar-refractivity contribution in [3.63, 3.8) is 0 Å². The van der Waals surface area contributed by atoms with Crippen LogP contribution >= 0.6 is 0 Å². The molecule has 2 aromatic rings. The maximum absolute atomic E-state index is 13.0. The molecule has 0 saturated heterocycles. The first-order valence-electron chi connectivity index (χ1n) is 7.75. The van der Waals surface area contributed by atoms with Crippen molar-refractivity contribution in [3.8, 4) is 0 Å². The first-order chi connectivity index (χ1) is 10.9. The lowest BCUT2D eigenvalue weighted by molar-refractivity contribution is 0.420. The molecule has 0 aromatic carbocycles. The van der Waals surface area contributed by atoms with E-state index in [4.69, 9.17) is 0 Å². The Morgan fingerprint density at radius 3 is 2.57 bits per heavy atom. The highest BCUT2D eigenvalue weighted by molar-refractivity contribution is 7.89. The molecule has 1 saturated carbocycles. The molecular formula is C14H22N6O2S. The van der Waals surface area contributed by atoms with Crippen LogP contribution in [0, 0.1) is 13.8 Å². The van der Waals surface area contributed by atoms with Gasteiger partial charge >= 0.3 is 0 Å². The smallest absolute Gasteiger partial charge is 0.246 e. The predicted molar refractivity (Wildman–Crippen MR) is 84.4 cm³/mol. The topological polar surface area (TPSA) is 85.9 Å². The lowest BCUT2D eigenvalue weighted by Crippen LogP contribution is -2.33. The molecule has 0 bridgehead atoms. The van der Waals surface area contributed by atoms with Crippen LogP contribution in [0.1, 0.15) is 37.0 Å². The van der Waals surface area contributed by atoms with Gasteiger partial charge in [0.1, 0.15) is 17.8 Å². The van der Waals surface area contributed by atoms with Crippen molar-refractivity contribution in [2.45, 2.75) is 51.1 Å². The van der Waals surface area contributed by atoms with Crippen LogP contribution < -0.4 is 0 Å². The Hall–Kier alpha value is -1.74. The van der Waals surface area contributed by atoms with Crippen molar-refractivity contribution >= 4 is 10.0 Å². The molecule has 2 aromatic heterocycles. The minimum absolute atomic E-state index is 0.144. The van der Waals surface area contributed by atoms with E-state index in [1.807, 2.05) is 14.0 Å². The Bertz CT molecular complexity index is 818. The van der Waals surface area contributed by atoms with Gasteiger partial charge in [0.2, 0.25) is 10.0 Å². The van der Waals surface area contributed by atoms with Crippen LogP contribution in [-0.2, 0) is 23.6 Å². The van der Waals surface area contributed by atoms with E-state index in [-0.39, 0.29) is 6.04 Å². The van der Waals surface area contributed by atoms with Crippen LogP contribution in [0.4, 0.5) is 0 Å². The fourth-order valence-corrected chi connectivity index (χ4v) is 4.97. The molecule has 0 atom stereocenters. The fourth-order valence-electron chi connectivity index (χ4n) is 2.90. The van der Waals surface area contributed by atoms with E-state index in [1.165, 1.54) is 0 Å². The van der Waals surface area contributed by atoms with E-state index in [2.05, 4.69) is 15.3 Å². The highest BCUT2D eigenvalue weighted by atomic mass is 32.2. The third-order valence-corrected chi connectivity index (χ3v) is 6.52. The maximum Gasteiger partial charge on any atom is 0.246 e. The average molecular weight is 338 g/mol. The summed E-state index contributed by atoms with van der Waals surface area (Å²) in [6, 6.07) is 0.144. The highest BCUT2D eigenvalue weighted by Gasteiger charge is 2.39. The third kappa shape index (κ3) is 2.78. The van der Waals surface area contributed by atoms with E-state index < -0.39 is 10.0 Å². The van der Waals surface area contributed by atoms with Crippen molar-refractivity contribution in [2.24, 2.45) is 7.05 Å². The predicted octanol–water partition coefficient (Wildman–Crippen LogP) is 0.850. The van der Waals surface area contributed by atoms with Crippen LogP contribution in [0.15, 0.2) is 11.2 Å². The van der Waals surface area contributed by atoms with Crippen LogP contribution in [0.5, 0.6) is 0 Å². The average Bonchev–Trinajstić information content (AvgIpc) is 3.15. The van der Waals surface area contributed by atoms with E-state index >= 15 is 0 Å². The molecule has 1 aliphatic rings. The van der Waals surface area contributed by atoms with Crippen LogP contribution in [0.2, 0.25) is 0 Å². The Morgan fingerprint density at radius 1 is 1.35 bits per heavy atom. The van der Waals surface area contributed by atoms with Gasteiger partial charge in [-0.1, -0.05) is 6.92 Å². The van der Waals surface area contributed by atoms with Crippen LogP contribution in [0.3, 0.4) is 0 Å². The molecule has 0 unspecified atom stereocenters.